The Kier molecular flexibility index (Phi) is 5.33. The predicted molar refractivity (Wildman–Crippen MR) is 116 cm³/mol. The molecule has 0 saturated carbocycles. The summed E-state index contributed by atoms with van der Waals surface area (Å²) in [5, 5.41) is 13.2. The van der Waals surface area contributed by atoms with E-state index in [0.29, 0.717) is 16.7 Å². The third kappa shape index (κ3) is 4.23. The van der Waals surface area contributed by atoms with Crippen molar-refractivity contribution in [3.05, 3.63) is 70.5 Å². The molecule has 0 atom stereocenters. The Bertz CT molecular complexity index is 1200. The lowest BCUT2D eigenvalue weighted by Gasteiger charge is -2.12. The predicted octanol–water partition coefficient (Wildman–Crippen LogP) is 5.47. The number of aromatic nitrogens is 5. The van der Waals surface area contributed by atoms with E-state index < -0.39 is 5.82 Å². The zero-order chi connectivity index (χ0) is 21.3. The van der Waals surface area contributed by atoms with Crippen molar-refractivity contribution in [2.75, 3.05) is 10.6 Å². The Hall–Kier alpha value is -3.52. The van der Waals surface area contributed by atoms with Gasteiger partial charge in [0.2, 0.25) is 5.95 Å². The average Bonchev–Trinajstić information content (AvgIpc) is 3.12. The smallest absolute Gasteiger partial charge is 0.229 e. The van der Waals surface area contributed by atoms with Crippen LogP contribution in [0.2, 0.25) is 5.02 Å². The van der Waals surface area contributed by atoms with Gasteiger partial charge >= 0.3 is 0 Å². The zero-order valence-corrected chi connectivity index (χ0v) is 17.3. The molecule has 0 bridgehead atoms. The van der Waals surface area contributed by atoms with Crippen molar-refractivity contribution >= 4 is 34.9 Å². The second-order valence-corrected chi connectivity index (χ2v) is 7.32. The van der Waals surface area contributed by atoms with Crippen LogP contribution in [0, 0.1) is 26.6 Å². The Labute approximate surface area is 177 Å². The maximum Gasteiger partial charge on any atom is 0.229 e. The quantitative estimate of drug-likeness (QED) is 0.394. The SMILES string of the molecule is Cc1ccc(-c2cc(F)c(Nc3ncc(Cl)c(Nc4cc(C)[nH]n4)n3)cc2C)cn1. The van der Waals surface area contributed by atoms with Crippen LogP contribution in [0.4, 0.5) is 27.7 Å². The van der Waals surface area contributed by atoms with E-state index in [1.54, 1.807) is 12.3 Å². The molecule has 0 radical (unpaired) electrons. The van der Waals surface area contributed by atoms with Gasteiger partial charge in [-0.15, -0.1) is 0 Å². The molecule has 0 aliphatic rings. The number of H-pyrrole nitrogens is 1. The Balaban J connectivity index is 1.60. The lowest BCUT2D eigenvalue weighted by Crippen LogP contribution is -2.03. The monoisotopic (exact) mass is 423 g/mol. The Morgan fingerprint density at radius 2 is 1.83 bits per heavy atom. The van der Waals surface area contributed by atoms with E-state index in [2.05, 4.69) is 35.8 Å². The lowest BCUT2D eigenvalue weighted by molar-refractivity contribution is 0.631. The number of nitrogens with zero attached hydrogens (tertiary/aromatic N) is 4. The van der Waals surface area contributed by atoms with Crippen molar-refractivity contribution in [3.8, 4) is 11.1 Å². The largest absolute Gasteiger partial charge is 0.322 e. The summed E-state index contributed by atoms with van der Waals surface area (Å²) in [6.45, 7) is 5.70. The number of pyridine rings is 1. The van der Waals surface area contributed by atoms with Crippen molar-refractivity contribution in [1.29, 1.82) is 0 Å². The molecule has 7 nitrogen and oxygen atoms in total. The van der Waals surface area contributed by atoms with Crippen LogP contribution in [0.1, 0.15) is 17.0 Å². The number of nitrogens with one attached hydrogen (secondary N) is 3. The fourth-order valence-electron chi connectivity index (χ4n) is 2.95. The van der Waals surface area contributed by atoms with Gasteiger partial charge in [0.25, 0.3) is 0 Å². The second kappa shape index (κ2) is 8.08. The number of anilines is 4. The molecular weight excluding hydrogens is 405 g/mol. The average molecular weight is 424 g/mol. The summed E-state index contributed by atoms with van der Waals surface area (Å²) in [6.07, 6.45) is 3.18. The van der Waals surface area contributed by atoms with Crippen LogP contribution in [0.25, 0.3) is 11.1 Å². The molecule has 30 heavy (non-hydrogen) atoms. The maximum atomic E-state index is 14.8. The first-order chi connectivity index (χ1) is 14.4. The van der Waals surface area contributed by atoms with Crippen LogP contribution in [-0.2, 0) is 0 Å². The molecular formula is C21H19ClFN7. The van der Waals surface area contributed by atoms with Gasteiger partial charge in [0.05, 0.1) is 11.9 Å². The first kappa shape index (κ1) is 19.8. The topological polar surface area (TPSA) is 91.4 Å². The molecule has 1 aromatic carbocycles. The number of benzene rings is 1. The highest BCUT2D eigenvalue weighted by Gasteiger charge is 2.13. The summed E-state index contributed by atoms with van der Waals surface area (Å²) in [4.78, 5) is 12.8. The summed E-state index contributed by atoms with van der Waals surface area (Å²) in [5.41, 5.74) is 4.59. The van der Waals surface area contributed by atoms with E-state index in [-0.39, 0.29) is 11.6 Å². The molecule has 0 unspecified atom stereocenters. The van der Waals surface area contributed by atoms with E-state index in [9.17, 15) is 4.39 Å². The molecule has 0 amide bonds. The summed E-state index contributed by atoms with van der Waals surface area (Å²) < 4.78 is 14.8. The fraction of sp³-hybridized carbons (Fsp3) is 0.143. The maximum absolute atomic E-state index is 14.8. The molecule has 0 saturated heterocycles. The number of hydrogen-bond donors (Lipinski definition) is 3. The second-order valence-electron chi connectivity index (χ2n) is 6.91. The Morgan fingerprint density at radius 3 is 2.53 bits per heavy atom. The van der Waals surface area contributed by atoms with Crippen molar-refractivity contribution in [3.63, 3.8) is 0 Å². The number of aromatic amines is 1. The highest BCUT2D eigenvalue weighted by atomic mass is 35.5. The van der Waals surface area contributed by atoms with Gasteiger partial charge in [-0.05, 0) is 50.1 Å². The highest BCUT2D eigenvalue weighted by Crippen LogP contribution is 2.30. The molecule has 4 aromatic rings. The van der Waals surface area contributed by atoms with Gasteiger partial charge in [0, 0.05) is 29.2 Å². The van der Waals surface area contributed by atoms with E-state index in [1.165, 1.54) is 12.3 Å². The lowest BCUT2D eigenvalue weighted by atomic mass is 10.0. The van der Waals surface area contributed by atoms with Crippen LogP contribution >= 0.6 is 11.6 Å². The molecule has 9 heteroatoms. The number of aryl methyl sites for hydroxylation is 3. The molecule has 152 valence electrons. The Morgan fingerprint density at radius 1 is 1.00 bits per heavy atom. The van der Waals surface area contributed by atoms with Gasteiger partial charge in [-0.3, -0.25) is 10.1 Å². The normalized spacial score (nSPS) is 10.8. The number of rotatable bonds is 5. The highest BCUT2D eigenvalue weighted by molar-refractivity contribution is 6.32. The standard InChI is InChI=1S/C21H19ClFN7/c1-11-6-18(17(23)8-15(11)14-5-4-12(2)24-9-14)26-21-25-10-16(22)20(28-21)27-19-7-13(3)29-30-19/h4-10H,1-3H3,(H3,25,26,27,28,29,30). The molecule has 0 aliphatic carbocycles. The first-order valence-electron chi connectivity index (χ1n) is 9.21. The van der Waals surface area contributed by atoms with Gasteiger partial charge < -0.3 is 10.6 Å². The summed E-state index contributed by atoms with van der Waals surface area (Å²) in [6, 6.07) is 8.83. The van der Waals surface area contributed by atoms with Gasteiger partial charge in [0.15, 0.2) is 11.6 Å². The molecule has 3 N–H and O–H groups in total. The first-order valence-corrected chi connectivity index (χ1v) is 9.58. The van der Waals surface area contributed by atoms with Gasteiger partial charge in [-0.2, -0.15) is 10.1 Å². The molecule has 0 aliphatic heterocycles. The minimum atomic E-state index is -0.424. The number of hydrogen-bond acceptors (Lipinski definition) is 6. The van der Waals surface area contributed by atoms with Crippen LogP contribution < -0.4 is 10.6 Å². The summed E-state index contributed by atoms with van der Waals surface area (Å²) >= 11 is 6.18. The van der Waals surface area contributed by atoms with Crippen molar-refractivity contribution in [2.45, 2.75) is 20.8 Å². The molecule has 3 heterocycles. The van der Waals surface area contributed by atoms with Crippen molar-refractivity contribution in [1.82, 2.24) is 25.1 Å². The fourth-order valence-corrected chi connectivity index (χ4v) is 3.09. The van der Waals surface area contributed by atoms with Crippen LogP contribution in [0.3, 0.4) is 0 Å². The van der Waals surface area contributed by atoms with E-state index in [4.69, 9.17) is 11.6 Å². The van der Waals surface area contributed by atoms with E-state index in [1.807, 2.05) is 39.0 Å². The van der Waals surface area contributed by atoms with Crippen molar-refractivity contribution in [2.24, 2.45) is 0 Å². The third-order valence-corrected chi connectivity index (χ3v) is 4.76. The molecule has 0 spiro atoms. The van der Waals surface area contributed by atoms with Gasteiger partial charge in [0.1, 0.15) is 10.8 Å². The van der Waals surface area contributed by atoms with Crippen molar-refractivity contribution < 1.29 is 4.39 Å². The minimum absolute atomic E-state index is 0.206. The van der Waals surface area contributed by atoms with Gasteiger partial charge in [-0.1, -0.05) is 17.7 Å². The summed E-state index contributed by atoms with van der Waals surface area (Å²) in [7, 11) is 0. The van der Waals surface area contributed by atoms with Crippen LogP contribution in [0.5, 0.6) is 0 Å². The van der Waals surface area contributed by atoms with Crippen LogP contribution in [0.15, 0.2) is 42.7 Å². The van der Waals surface area contributed by atoms with Crippen LogP contribution in [-0.4, -0.2) is 25.1 Å². The molecule has 0 fully saturated rings. The minimum Gasteiger partial charge on any atom is -0.322 e. The van der Waals surface area contributed by atoms with E-state index in [0.717, 1.165) is 28.1 Å². The summed E-state index contributed by atoms with van der Waals surface area (Å²) in [5.74, 6) is 0.710. The third-order valence-electron chi connectivity index (χ3n) is 4.48. The zero-order valence-electron chi connectivity index (χ0n) is 16.6. The molecule has 3 aromatic heterocycles. The number of halogens is 2. The van der Waals surface area contributed by atoms with Gasteiger partial charge in [-0.25, -0.2) is 9.37 Å². The van der Waals surface area contributed by atoms with E-state index >= 15 is 0 Å². The molecule has 4 rings (SSSR count).